The average molecular weight is 609 g/mol. The molecule has 2 aliphatic rings. The number of aromatic nitrogens is 3. The first-order valence-electron chi connectivity index (χ1n) is 14.8. The van der Waals surface area contributed by atoms with Gasteiger partial charge in [0.1, 0.15) is 6.07 Å². The van der Waals surface area contributed by atoms with Crippen molar-refractivity contribution in [3.8, 4) is 6.07 Å². The van der Waals surface area contributed by atoms with Gasteiger partial charge in [0.2, 0.25) is 0 Å². The van der Waals surface area contributed by atoms with Gasteiger partial charge in [-0.1, -0.05) is 17.7 Å². The van der Waals surface area contributed by atoms with E-state index in [1.807, 2.05) is 43.5 Å². The molecule has 1 fully saturated rings. The van der Waals surface area contributed by atoms with Crippen LogP contribution in [-0.2, 0) is 0 Å². The van der Waals surface area contributed by atoms with E-state index in [9.17, 15) is 5.26 Å². The molecule has 0 bridgehead atoms. The zero-order chi connectivity index (χ0) is 30.8. The van der Waals surface area contributed by atoms with Crippen molar-refractivity contribution >= 4 is 39.6 Å². The minimum Gasteiger partial charge on any atom is -0.373 e. The van der Waals surface area contributed by atoms with Gasteiger partial charge < -0.3 is 16.1 Å². The van der Waals surface area contributed by atoms with Crippen LogP contribution in [0.1, 0.15) is 56.3 Å². The molecule has 3 aromatic heterocycles. The molecule has 0 aliphatic carbocycles. The molecule has 226 valence electrons. The summed E-state index contributed by atoms with van der Waals surface area (Å²) in [6, 6.07) is 12.2. The van der Waals surface area contributed by atoms with Gasteiger partial charge in [0.15, 0.2) is 0 Å². The summed E-state index contributed by atoms with van der Waals surface area (Å²) in [6.45, 7) is 10.9. The third-order valence-corrected chi connectivity index (χ3v) is 8.53. The molecular formula is C33H37ClN10. The number of aryl methyl sites for hydroxylation is 1. The molecule has 2 aliphatic heterocycles. The lowest BCUT2D eigenvalue weighted by Gasteiger charge is -2.42. The SMILES string of the molecule is Cc1cncc(Nc2c(C#N)cnc3c(Cl)cc(N[C@H](C4=CN(C5CCN(C(C)(C)C)CC5)NN4)c4cccnc4)cc23)c1. The highest BCUT2D eigenvalue weighted by Gasteiger charge is 2.32. The predicted octanol–water partition coefficient (Wildman–Crippen LogP) is 6.18. The van der Waals surface area contributed by atoms with Crippen molar-refractivity contribution in [3.63, 3.8) is 0 Å². The molecule has 10 nitrogen and oxygen atoms in total. The molecular weight excluding hydrogens is 572 g/mol. The molecule has 0 saturated carbocycles. The Kier molecular flexibility index (Phi) is 8.27. The third-order valence-electron chi connectivity index (χ3n) is 8.24. The maximum atomic E-state index is 9.94. The maximum Gasteiger partial charge on any atom is 0.103 e. The monoisotopic (exact) mass is 608 g/mol. The highest BCUT2D eigenvalue weighted by molar-refractivity contribution is 6.36. The van der Waals surface area contributed by atoms with E-state index in [1.54, 1.807) is 24.8 Å². The van der Waals surface area contributed by atoms with Crippen LogP contribution in [0, 0.1) is 18.3 Å². The van der Waals surface area contributed by atoms with Crippen LogP contribution in [0.25, 0.3) is 10.9 Å². The summed E-state index contributed by atoms with van der Waals surface area (Å²) in [5.41, 5.74) is 13.1. The molecule has 1 saturated heterocycles. The molecule has 5 heterocycles. The van der Waals surface area contributed by atoms with Crippen molar-refractivity contribution in [2.75, 3.05) is 23.7 Å². The number of nitriles is 1. The molecule has 0 radical (unpaired) electrons. The fraction of sp³-hybridized carbons (Fsp3) is 0.333. The smallest absolute Gasteiger partial charge is 0.103 e. The minimum atomic E-state index is -0.256. The number of rotatable bonds is 7. The average Bonchev–Trinajstić information content (AvgIpc) is 3.50. The Bertz CT molecular complexity index is 1720. The fourth-order valence-electron chi connectivity index (χ4n) is 5.89. The van der Waals surface area contributed by atoms with Gasteiger partial charge in [-0.25, -0.2) is 0 Å². The Morgan fingerprint density at radius 3 is 2.59 bits per heavy atom. The number of nitrogens with zero attached hydrogens (tertiary/aromatic N) is 6. The number of hydrogen-bond donors (Lipinski definition) is 4. The van der Waals surface area contributed by atoms with E-state index in [1.165, 1.54) is 0 Å². The van der Waals surface area contributed by atoms with E-state index in [0.717, 1.165) is 59.5 Å². The number of anilines is 3. The van der Waals surface area contributed by atoms with Crippen molar-refractivity contribution < 1.29 is 0 Å². The Balaban J connectivity index is 1.32. The summed E-state index contributed by atoms with van der Waals surface area (Å²) in [4.78, 5) is 15.8. The Hall–Kier alpha value is -4.43. The molecule has 4 aromatic rings. The molecule has 4 N–H and O–H groups in total. The van der Waals surface area contributed by atoms with Gasteiger partial charge in [-0.15, -0.1) is 5.53 Å². The number of pyridine rings is 3. The normalized spacial score (nSPS) is 16.7. The zero-order valence-electron chi connectivity index (χ0n) is 25.4. The minimum absolute atomic E-state index is 0.176. The quantitative estimate of drug-likeness (QED) is 0.194. The van der Waals surface area contributed by atoms with Crippen molar-refractivity contribution in [1.82, 2.24) is 35.8 Å². The molecule has 44 heavy (non-hydrogen) atoms. The second kappa shape index (κ2) is 12.3. The first kappa shape index (κ1) is 29.6. The van der Waals surface area contributed by atoms with Crippen LogP contribution < -0.4 is 21.6 Å². The number of fused-ring (bicyclic) bond motifs is 1. The second-order valence-corrected chi connectivity index (χ2v) is 12.8. The number of hydrogen-bond acceptors (Lipinski definition) is 10. The van der Waals surface area contributed by atoms with Gasteiger partial charge in [0, 0.05) is 66.7 Å². The second-order valence-electron chi connectivity index (χ2n) is 12.4. The van der Waals surface area contributed by atoms with Gasteiger partial charge >= 0.3 is 0 Å². The Labute approximate surface area is 263 Å². The number of hydrazine groups is 2. The van der Waals surface area contributed by atoms with Crippen LogP contribution in [0.15, 0.2) is 73.2 Å². The molecule has 1 atom stereocenters. The van der Waals surface area contributed by atoms with E-state index < -0.39 is 0 Å². The molecule has 1 aromatic carbocycles. The van der Waals surface area contributed by atoms with Crippen molar-refractivity contribution in [2.45, 2.75) is 58.2 Å². The van der Waals surface area contributed by atoms with Crippen LogP contribution in [0.3, 0.4) is 0 Å². The number of likely N-dealkylation sites (tertiary alicyclic amines) is 1. The van der Waals surface area contributed by atoms with E-state index in [4.69, 9.17) is 11.6 Å². The summed E-state index contributed by atoms with van der Waals surface area (Å²) in [6.07, 6.45) is 13.0. The summed E-state index contributed by atoms with van der Waals surface area (Å²) in [5.74, 6) is 0. The Morgan fingerprint density at radius 1 is 1.07 bits per heavy atom. The first-order valence-corrected chi connectivity index (χ1v) is 15.2. The van der Waals surface area contributed by atoms with Gasteiger partial charge in [0.05, 0.1) is 45.4 Å². The lowest BCUT2D eigenvalue weighted by Crippen LogP contribution is -2.52. The van der Waals surface area contributed by atoms with Gasteiger partial charge in [-0.3, -0.25) is 24.9 Å². The largest absolute Gasteiger partial charge is 0.373 e. The van der Waals surface area contributed by atoms with Gasteiger partial charge in [-0.2, -0.15) is 5.26 Å². The topological polar surface area (TPSA) is 117 Å². The summed E-state index contributed by atoms with van der Waals surface area (Å²) in [5, 5.41) is 20.4. The summed E-state index contributed by atoms with van der Waals surface area (Å²) < 4.78 is 0. The van der Waals surface area contributed by atoms with Gasteiger partial charge in [-0.05, 0) is 75.9 Å². The van der Waals surface area contributed by atoms with Crippen molar-refractivity contribution in [3.05, 3.63) is 94.9 Å². The van der Waals surface area contributed by atoms with Crippen molar-refractivity contribution in [2.24, 2.45) is 0 Å². The fourth-order valence-corrected chi connectivity index (χ4v) is 6.15. The van der Waals surface area contributed by atoms with Crippen LogP contribution in [-0.4, -0.2) is 49.5 Å². The highest BCUT2D eigenvalue weighted by Crippen LogP contribution is 2.37. The van der Waals surface area contributed by atoms with Crippen LogP contribution >= 0.6 is 11.6 Å². The lowest BCUT2D eigenvalue weighted by atomic mass is 9.98. The van der Waals surface area contributed by atoms with E-state index in [-0.39, 0.29) is 11.6 Å². The molecule has 0 spiro atoms. The molecule has 0 amide bonds. The van der Waals surface area contributed by atoms with E-state index in [0.29, 0.717) is 27.8 Å². The summed E-state index contributed by atoms with van der Waals surface area (Å²) >= 11 is 6.82. The van der Waals surface area contributed by atoms with E-state index in [2.05, 4.69) is 79.5 Å². The maximum absolute atomic E-state index is 9.94. The number of halogens is 1. The molecule has 6 rings (SSSR count). The Morgan fingerprint density at radius 2 is 1.89 bits per heavy atom. The van der Waals surface area contributed by atoms with Crippen LogP contribution in [0.2, 0.25) is 5.02 Å². The predicted molar refractivity (Wildman–Crippen MR) is 175 cm³/mol. The zero-order valence-corrected chi connectivity index (χ0v) is 26.2. The first-order chi connectivity index (χ1) is 21.2. The number of nitrogens with one attached hydrogen (secondary N) is 4. The van der Waals surface area contributed by atoms with Gasteiger partial charge in [0.25, 0.3) is 0 Å². The lowest BCUT2D eigenvalue weighted by molar-refractivity contribution is 0.0570. The molecule has 0 unspecified atom stereocenters. The number of benzene rings is 1. The summed E-state index contributed by atoms with van der Waals surface area (Å²) in [7, 11) is 0. The highest BCUT2D eigenvalue weighted by atomic mass is 35.5. The standard InChI is InChI=1S/C33H37ClN10/c1-21-12-25(19-37-16-21)40-30-23(15-35)18-38-32-27(30)13-24(14-28(32)34)39-31(22-6-5-9-36-17-22)29-20-44(42-41-29)26-7-10-43(11-8-26)33(2,3)4/h5-6,9,12-14,16-20,26,31,39,41-42H,7-8,10-11H2,1-4H3,(H,38,40)/t31-/m0/s1. The third kappa shape index (κ3) is 6.26. The number of piperidine rings is 1. The van der Waals surface area contributed by atoms with Crippen LogP contribution in [0.5, 0.6) is 0 Å². The van der Waals surface area contributed by atoms with Crippen LogP contribution in [0.4, 0.5) is 17.1 Å². The van der Waals surface area contributed by atoms with Crippen molar-refractivity contribution in [1.29, 1.82) is 5.26 Å². The van der Waals surface area contributed by atoms with E-state index >= 15 is 0 Å². The molecule has 11 heteroatoms.